The maximum atomic E-state index is 10.9. The molecule has 0 saturated carbocycles. The van der Waals surface area contributed by atoms with Crippen LogP contribution in [0.2, 0.25) is 5.02 Å². The van der Waals surface area contributed by atoms with Gasteiger partial charge in [0, 0.05) is 35.1 Å². The summed E-state index contributed by atoms with van der Waals surface area (Å²) in [6, 6.07) is 7.69. The van der Waals surface area contributed by atoms with Crippen molar-refractivity contribution in [3.8, 4) is 0 Å². The molecule has 2 aromatic rings. The lowest BCUT2D eigenvalue weighted by atomic mass is 10.1. The molecule has 0 aliphatic carbocycles. The lowest BCUT2D eigenvalue weighted by molar-refractivity contribution is -0.141. The van der Waals surface area contributed by atoms with Crippen molar-refractivity contribution in [2.75, 3.05) is 0 Å². The zero-order valence-electron chi connectivity index (χ0n) is 9.77. The van der Waals surface area contributed by atoms with E-state index in [9.17, 15) is 4.79 Å². The summed E-state index contributed by atoms with van der Waals surface area (Å²) in [6.07, 6.45) is 0.526. The molecule has 1 heterocycles. The third-order valence-corrected chi connectivity index (χ3v) is 3.28. The Morgan fingerprint density at radius 2 is 2.18 bits per heavy atom. The standard InChI is InChI=1S/C13H14ClNO2/c1-8(13(16)17)5-11-7-9-6-10(14)3-4-12(9)15(11)2/h3-4,6-8H,5H2,1-2H3,(H,16,17). The molecule has 0 aliphatic rings. The number of carboxylic acid groups (broad SMARTS) is 1. The number of fused-ring (bicyclic) bond motifs is 1. The Labute approximate surface area is 105 Å². The summed E-state index contributed by atoms with van der Waals surface area (Å²) in [5, 5.41) is 10.7. The third-order valence-electron chi connectivity index (χ3n) is 3.04. The Bertz CT molecular complexity index is 574. The van der Waals surface area contributed by atoms with Crippen molar-refractivity contribution < 1.29 is 9.90 Å². The molecule has 0 bridgehead atoms. The highest BCUT2D eigenvalue weighted by Gasteiger charge is 2.15. The molecule has 2 rings (SSSR count). The molecular weight excluding hydrogens is 238 g/mol. The van der Waals surface area contributed by atoms with E-state index in [1.165, 1.54) is 0 Å². The summed E-state index contributed by atoms with van der Waals surface area (Å²) in [5.41, 5.74) is 2.08. The Morgan fingerprint density at radius 3 is 2.82 bits per heavy atom. The van der Waals surface area contributed by atoms with Gasteiger partial charge in [0.05, 0.1) is 5.92 Å². The van der Waals surface area contributed by atoms with Gasteiger partial charge in [0.1, 0.15) is 0 Å². The first-order valence-corrected chi connectivity index (χ1v) is 5.83. The molecule has 17 heavy (non-hydrogen) atoms. The van der Waals surface area contributed by atoms with Crippen LogP contribution < -0.4 is 0 Å². The second kappa shape index (κ2) is 4.41. The van der Waals surface area contributed by atoms with Crippen LogP contribution in [0.1, 0.15) is 12.6 Å². The van der Waals surface area contributed by atoms with Crippen molar-refractivity contribution in [1.82, 2.24) is 4.57 Å². The van der Waals surface area contributed by atoms with Crippen molar-refractivity contribution in [1.29, 1.82) is 0 Å². The number of benzene rings is 1. The number of hydrogen-bond acceptors (Lipinski definition) is 1. The minimum atomic E-state index is -0.770. The normalized spacial score (nSPS) is 12.9. The van der Waals surface area contributed by atoms with Crippen LogP contribution in [0.3, 0.4) is 0 Å². The van der Waals surface area contributed by atoms with E-state index >= 15 is 0 Å². The molecule has 3 nitrogen and oxygen atoms in total. The predicted octanol–water partition coefficient (Wildman–Crippen LogP) is 3.09. The van der Waals surface area contributed by atoms with Gasteiger partial charge in [0.25, 0.3) is 0 Å². The molecular formula is C13H14ClNO2. The maximum Gasteiger partial charge on any atom is 0.306 e. The molecule has 1 aromatic carbocycles. The molecule has 0 aliphatic heterocycles. The number of hydrogen-bond donors (Lipinski definition) is 1. The van der Waals surface area contributed by atoms with Crippen LogP contribution in [0.4, 0.5) is 0 Å². The average Bonchev–Trinajstić information content (AvgIpc) is 2.55. The maximum absolute atomic E-state index is 10.9. The van der Waals surface area contributed by atoms with Gasteiger partial charge in [-0.15, -0.1) is 0 Å². The van der Waals surface area contributed by atoms with Crippen LogP contribution in [0, 0.1) is 5.92 Å². The van der Waals surface area contributed by atoms with E-state index in [0.29, 0.717) is 11.4 Å². The molecule has 1 aromatic heterocycles. The van der Waals surface area contributed by atoms with E-state index in [1.807, 2.05) is 35.9 Å². The van der Waals surface area contributed by atoms with Crippen LogP contribution in [0.15, 0.2) is 24.3 Å². The lowest BCUT2D eigenvalue weighted by Gasteiger charge is -2.07. The Morgan fingerprint density at radius 1 is 1.47 bits per heavy atom. The fraction of sp³-hybridized carbons (Fsp3) is 0.308. The minimum Gasteiger partial charge on any atom is -0.481 e. The number of aryl methyl sites for hydroxylation is 1. The predicted molar refractivity (Wildman–Crippen MR) is 68.4 cm³/mol. The van der Waals surface area contributed by atoms with Crippen molar-refractivity contribution in [3.63, 3.8) is 0 Å². The van der Waals surface area contributed by atoms with Gasteiger partial charge in [0.2, 0.25) is 0 Å². The van der Waals surface area contributed by atoms with Crippen molar-refractivity contribution in [3.05, 3.63) is 35.0 Å². The van der Waals surface area contributed by atoms with E-state index in [-0.39, 0.29) is 5.92 Å². The summed E-state index contributed by atoms with van der Waals surface area (Å²) < 4.78 is 2.02. The smallest absolute Gasteiger partial charge is 0.306 e. The summed E-state index contributed by atoms with van der Waals surface area (Å²) in [7, 11) is 1.94. The van der Waals surface area contributed by atoms with Crippen molar-refractivity contribution >= 4 is 28.5 Å². The topological polar surface area (TPSA) is 42.2 Å². The summed E-state index contributed by atoms with van der Waals surface area (Å²) >= 11 is 5.93. The highest BCUT2D eigenvalue weighted by atomic mass is 35.5. The number of aromatic nitrogens is 1. The molecule has 4 heteroatoms. The number of carboxylic acids is 1. The molecule has 1 unspecified atom stereocenters. The van der Waals surface area contributed by atoms with Crippen LogP contribution in [-0.4, -0.2) is 15.6 Å². The molecule has 0 fully saturated rings. The van der Waals surface area contributed by atoms with Gasteiger partial charge < -0.3 is 9.67 Å². The first kappa shape index (κ1) is 12.0. The summed E-state index contributed by atoms with van der Waals surface area (Å²) in [6.45, 7) is 1.72. The van der Waals surface area contributed by atoms with E-state index in [2.05, 4.69) is 0 Å². The van der Waals surface area contributed by atoms with Gasteiger partial charge in [0.15, 0.2) is 0 Å². The van der Waals surface area contributed by atoms with E-state index < -0.39 is 5.97 Å². The zero-order chi connectivity index (χ0) is 12.6. The van der Waals surface area contributed by atoms with Crippen LogP contribution >= 0.6 is 11.6 Å². The highest BCUT2D eigenvalue weighted by molar-refractivity contribution is 6.31. The van der Waals surface area contributed by atoms with E-state index in [1.54, 1.807) is 6.92 Å². The minimum absolute atomic E-state index is 0.381. The Balaban J connectivity index is 2.42. The van der Waals surface area contributed by atoms with Gasteiger partial charge in [-0.1, -0.05) is 18.5 Å². The second-order valence-electron chi connectivity index (χ2n) is 4.34. The molecule has 1 atom stereocenters. The third kappa shape index (κ3) is 2.29. The fourth-order valence-corrected chi connectivity index (χ4v) is 2.15. The second-order valence-corrected chi connectivity index (χ2v) is 4.78. The van der Waals surface area contributed by atoms with Gasteiger partial charge in [-0.25, -0.2) is 0 Å². The molecule has 0 saturated heterocycles. The van der Waals surface area contributed by atoms with E-state index in [4.69, 9.17) is 16.7 Å². The van der Waals surface area contributed by atoms with Crippen molar-refractivity contribution in [2.45, 2.75) is 13.3 Å². The number of halogens is 1. The number of rotatable bonds is 3. The number of carbonyl (C=O) groups is 1. The largest absolute Gasteiger partial charge is 0.481 e. The SMILES string of the molecule is CC(Cc1cc2cc(Cl)ccc2n1C)C(=O)O. The quantitative estimate of drug-likeness (QED) is 0.911. The fourth-order valence-electron chi connectivity index (χ4n) is 1.97. The first-order chi connectivity index (χ1) is 7.99. The Kier molecular flexibility index (Phi) is 3.11. The molecule has 0 radical (unpaired) electrons. The average molecular weight is 252 g/mol. The Hall–Kier alpha value is -1.48. The number of aliphatic carboxylic acids is 1. The van der Waals surface area contributed by atoms with E-state index in [0.717, 1.165) is 16.6 Å². The summed E-state index contributed by atoms with van der Waals surface area (Å²) in [5.74, 6) is -1.15. The van der Waals surface area contributed by atoms with Crippen molar-refractivity contribution in [2.24, 2.45) is 13.0 Å². The zero-order valence-corrected chi connectivity index (χ0v) is 10.5. The molecule has 0 spiro atoms. The van der Waals surface area contributed by atoms with Crippen LogP contribution in [0.25, 0.3) is 10.9 Å². The van der Waals surface area contributed by atoms with Gasteiger partial charge >= 0.3 is 5.97 Å². The monoisotopic (exact) mass is 251 g/mol. The molecule has 0 amide bonds. The van der Waals surface area contributed by atoms with Gasteiger partial charge in [-0.05, 0) is 24.3 Å². The highest BCUT2D eigenvalue weighted by Crippen LogP contribution is 2.24. The number of nitrogens with zero attached hydrogens (tertiary/aromatic N) is 1. The first-order valence-electron chi connectivity index (χ1n) is 5.45. The molecule has 1 N–H and O–H groups in total. The summed E-state index contributed by atoms with van der Waals surface area (Å²) in [4.78, 5) is 10.9. The van der Waals surface area contributed by atoms with Crippen LogP contribution in [0.5, 0.6) is 0 Å². The van der Waals surface area contributed by atoms with Gasteiger partial charge in [-0.2, -0.15) is 0 Å². The lowest BCUT2D eigenvalue weighted by Crippen LogP contribution is -2.13. The van der Waals surface area contributed by atoms with Gasteiger partial charge in [-0.3, -0.25) is 4.79 Å². The molecule has 90 valence electrons. The van der Waals surface area contributed by atoms with Crippen LogP contribution in [-0.2, 0) is 18.3 Å².